The Kier molecular flexibility index (Phi) is 5.03. The van der Waals surface area contributed by atoms with Crippen LogP contribution >= 0.6 is 0 Å². The quantitative estimate of drug-likeness (QED) is 0.777. The molecule has 1 fully saturated rings. The van der Waals surface area contributed by atoms with Crippen LogP contribution in [0.4, 0.5) is 0 Å². The van der Waals surface area contributed by atoms with Gasteiger partial charge in [-0.15, -0.1) is 0 Å². The summed E-state index contributed by atoms with van der Waals surface area (Å²) < 4.78 is 0. The summed E-state index contributed by atoms with van der Waals surface area (Å²) in [5, 5.41) is 10.4. The summed E-state index contributed by atoms with van der Waals surface area (Å²) >= 11 is 0. The van der Waals surface area contributed by atoms with Gasteiger partial charge in [0.15, 0.2) is 5.69 Å². The highest BCUT2D eigenvalue weighted by Crippen LogP contribution is 2.20. The number of nitrogens with zero attached hydrogens (tertiary/aromatic N) is 2. The van der Waals surface area contributed by atoms with Crippen LogP contribution in [-0.4, -0.2) is 52.1 Å². The predicted molar refractivity (Wildman–Crippen MR) is 96.0 cm³/mol. The highest BCUT2D eigenvalue weighted by atomic mass is 16.2. The van der Waals surface area contributed by atoms with Gasteiger partial charge in [-0.25, -0.2) is 0 Å². The van der Waals surface area contributed by atoms with Crippen molar-refractivity contribution >= 4 is 22.7 Å². The number of likely N-dealkylation sites (tertiary alicyclic amines) is 1. The molecule has 0 spiro atoms. The first-order valence-corrected chi connectivity index (χ1v) is 8.75. The zero-order chi connectivity index (χ0) is 18.0. The minimum Gasteiger partial charge on any atom is -0.341 e. The molecular weight excluding hydrogens is 318 g/mol. The number of amides is 2. The highest BCUT2D eigenvalue weighted by Gasteiger charge is 2.29. The minimum absolute atomic E-state index is 0.0657. The molecular formula is C18H25N5O2. The molecule has 0 bridgehead atoms. The zero-order valence-electron chi connectivity index (χ0n) is 14.7. The average Bonchev–Trinajstić information content (AvgIpc) is 3.05. The van der Waals surface area contributed by atoms with Crippen molar-refractivity contribution < 1.29 is 9.59 Å². The largest absolute Gasteiger partial charge is 0.341 e. The third-order valence-electron chi connectivity index (χ3n) is 4.92. The number of H-pyrrole nitrogens is 1. The number of aromatic nitrogens is 2. The number of hydrogen-bond acceptors (Lipinski definition) is 4. The van der Waals surface area contributed by atoms with Gasteiger partial charge in [-0.05, 0) is 38.7 Å². The fraction of sp³-hybridized carbons (Fsp3) is 0.500. The van der Waals surface area contributed by atoms with E-state index < -0.39 is 6.04 Å². The molecule has 1 aromatic heterocycles. The van der Waals surface area contributed by atoms with Crippen LogP contribution in [0.1, 0.15) is 37.2 Å². The molecule has 134 valence electrons. The van der Waals surface area contributed by atoms with Crippen molar-refractivity contribution in [1.29, 1.82) is 0 Å². The van der Waals surface area contributed by atoms with Crippen LogP contribution in [0.2, 0.25) is 0 Å². The molecule has 2 amide bonds. The van der Waals surface area contributed by atoms with Crippen LogP contribution in [0.25, 0.3) is 10.9 Å². The predicted octanol–water partition coefficient (Wildman–Crippen LogP) is 1.27. The Labute approximate surface area is 146 Å². The topological polar surface area (TPSA) is 104 Å². The van der Waals surface area contributed by atoms with E-state index in [9.17, 15) is 9.59 Å². The van der Waals surface area contributed by atoms with Gasteiger partial charge in [-0.2, -0.15) is 5.10 Å². The number of para-hydroxylation sites is 1. The van der Waals surface area contributed by atoms with Crippen LogP contribution in [0.3, 0.4) is 0 Å². The number of carbonyl (C=O) groups excluding carboxylic acids is 2. The lowest BCUT2D eigenvalue weighted by Crippen LogP contribution is -2.52. The van der Waals surface area contributed by atoms with Crippen molar-refractivity contribution in [2.75, 3.05) is 13.1 Å². The van der Waals surface area contributed by atoms with E-state index in [1.54, 1.807) is 6.92 Å². The van der Waals surface area contributed by atoms with E-state index in [4.69, 9.17) is 5.73 Å². The number of nitrogens with one attached hydrogen (secondary N) is 2. The van der Waals surface area contributed by atoms with E-state index in [0.29, 0.717) is 24.7 Å². The molecule has 7 heteroatoms. The van der Waals surface area contributed by atoms with Crippen LogP contribution in [-0.2, 0) is 4.79 Å². The Bertz CT molecular complexity index is 770. The van der Waals surface area contributed by atoms with Gasteiger partial charge < -0.3 is 16.0 Å². The average molecular weight is 343 g/mol. The lowest BCUT2D eigenvalue weighted by molar-refractivity contribution is -0.134. The SMILES string of the molecule is CC(NC(=O)c1n[nH]c2ccccc12)C(=O)N1CCCC(C(C)N)C1. The lowest BCUT2D eigenvalue weighted by atomic mass is 9.92. The van der Waals surface area contributed by atoms with E-state index >= 15 is 0 Å². The van der Waals surface area contributed by atoms with E-state index in [2.05, 4.69) is 15.5 Å². The van der Waals surface area contributed by atoms with Crippen LogP contribution < -0.4 is 11.1 Å². The standard InChI is InChI=1S/C18H25N5O2/c1-11(19)13-6-5-9-23(10-13)18(25)12(2)20-17(24)16-14-7-3-4-8-15(14)21-22-16/h3-4,7-8,11-13H,5-6,9-10,19H2,1-2H3,(H,20,24)(H,21,22). The van der Waals surface area contributed by atoms with Crippen molar-refractivity contribution in [3.63, 3.8) is 0 Å². The molecule has 1 aromatic carbocycles. The third kappa shape index (κ3) is 3.66. The number of rotatable bonds is 4. The van der Waals surface area contributed by atoms with E-state index in [1.807, 2.05) is 36.1 Å². The Balaban J connectivity index is 1.66. The number of fused-ring (bicyclic) bond motifs is 1. The minimum atomic E-state index is -0.602. The number of carbonyl (C=O) groups is 2. The third-order valence-corrected chi connectivity index (χ3v) is 4.92. The Morgan fingerprint density at radius 3 is 2.88 bits per heavy atom. The van der Waals surface area contributed by atoms with Crippen molar-refractivity contribution in [1.82, 2.24) is 20.4 Å². The molecule has 1 aliphatic rings. The molecule has 2 aromatic rings. The first kappa shape index (κ1) is 17.4. The van der Waals surface area contributed by atoms with Crippen molar-refractivity contribution in [2.24, 2.45) is 11.7 Å². The van der Waals surface area contributed by atoms with Gasteiger partial charge in [0.2, 0.25) is 5.91 Å². The summed E-state index contributed by atoms with van der Waals surface area (Å²) in [5.74, 6) is -0.103. The molecule has 4 N–H and O–H groups in total. The summed E-state index contributed by atoms with van der Waals surface area (Å²) in [6.07, 6.45) is 1.99. The second-order valence-electron chi connectivity index (χ2n) is 6.86. The Hall–Kier alpha value is -2.41. The maximum atomic E-state index is 12.7. The fourth-order valence-corrected chi connectivity index (χ4v) is 3.38. The number of piperidine rings is 1. The molecule has 7 nitrogen and oxygen atoms in total. The van der Waals surface area contributed by atoms with Crippen LogP contribution in [0.5, 0.6) is 0 Å². The van der Waals surface area contributed by atoms with Gasteiger partial charge in [0, 0.05) is 24.5 Å². The first-order chi connectivity index (χ1) is 12.0. The maximum Gasteiger partial charge on any atom is 0.273 e. The molecule has 0 saturated carbocycles. The van der Waals surface area contributed by atoms with E-state index in [1.165, 1.54) is 0 Å². The van der Waals surface area contributed by atoms with E-state index in [0.717, 1.165) is 23.7 Å². The number of hydrogen-bond donors (Lipinski definition) is 3. The number of aromatic amines is 1. The fourth-order valence-electron chi connectivity index (χ4n) is 3.38. The maximum absolute atomic E-state index is 12.7. The molecule has 3 rings (SSSR count). The van der Waals surface area contributed by atoms with Gasteiger partial charge >= 0.3 is 0 Å². The number of benzene rings is 1. The van der Waals surface area contributed by atoms with Gasteiger partial charge in [0.1, 0.15) is 6.04 Å². The van der Waals surface area contributed by atoms with Crippen LogP contribution in [0, 0.1) is 5.92 Å². The van der Waals surface area contributed by atoms with Crippen molar-refractivity contribution in [2.45, 2.75) is 38.8 Å². The molecule has 1 aliphatic heterocycles. The Morgan fingerprint density at radius 2 is 2.12 bits per heavy atom. The smallest absolute Gasteiger partial charge is 0.273 e. The van der Waals surface area contributed by atoms with E-state index in [-0.39, 0.29) is 17.9 Å². The highest BCUT2D eigenvalue weighted by molar-refractivity contribution is 6.05. The zero-order valence-corrected chi connectivity index (χ0v) is 14.7. The summed E-state index contributed by atoms with van der Waals surface area (Å²) in [5.41, 5.74) is 7.09. The summed E-state index contributed by atoms with van der Waals surface area (Å²) in [6, 6.07) is 6.88. The monoisotopic (exact) mass is 343 g/mol. The molecule has 0 aliphatic carbocycles. The summed E-state index contributed by atoms with van der Waals surface area (Å²) in [6.45, 7) is 5.06. The lowest BCUT2D eigenvalue weighted by Gasteiger charge is -2.36. The van der Waals surface area contributed by atoms with Crippen molar-refractivity contribution in [3.05, 3.63) is 30.0 Å². The summed E-state index contributed by atoms with van der Waals surface area (Å²) in [4.78, 5) is 27.0. The summed E-state index contributed by atoms with van der Waals surface area (Å²) in [7, 11) is 0. The second-order valence-corrected chi connectivity index (χ2v) is 6.86. The second kappa shape index (κ2) is 7.23. The molecule has 2 heterocycles. The molecule has 25 heavy (non-hydrogen) atoms. The van der Waals surface area contributed by atoms with Gasteiger partial charge in [-0.3, -0.25) is 14.7 Å². The first-order valence-electron chi connectivity index (χ1n) is 8.75. The van der Waals surface area contributed by atoms with Crippen LogP contribution in [0.15, 0.2) is 24.3 Å². The molecule has 1 saturated heterocycles. The van der Waals surface area contributed by atoms with Gasteiger partial charge in [-0.1, -0.05) is 18.2 Å². The normalized spacial score (nSPS) is 20.3. The molecule has 3 atom stereocenters. The molecule has 0 radical (unpaired) electrons. The molecule has 3 unspecified atom stereocenters. The number of nitrogens with two attached hydrogens (primary N) is 1. The Morgan fingerprint density at radius 1 is 1.36 bits per heavy atom. The van der Waals surface area contributed by atoms with Crippen molar-refractivity contribution in [3.8, 4) is 0 Å². The van der Waals surface area contributed by atoms with Gasteiger partial charge in [0.05, 0.1) is 5.52 Å². The van der Waals surface area contributed by atoms with Gasteiger partial charge in [0.25, 0.3) is 5.91 Å².